The van der Waals surface area contributed by atoms with E-state index >= 15 is 0 Å². The molecule has 166 valence electrons. The van der Waals surface area contributed by atoms with Crippen molar-refractivity contribution in [2.75, 3.05) is 37.6 Å². The number of benzene rings is 2. The summed E-state index contributed by atoms with van der Waals surface area (Å²) in [5.41, 5.74) is 0.581. The van der Waals surface area contributed by atoms with Gasteiger partial charge in [0.1, 0.15) is 11.8 Å². The van der Waals surface area contributed by atoms with Crippen molar-refractivity contribution in [1.29, 1.82) is 0 Å². The first kappa shape index (κ1) is 23.4. The van der Waals surface area contributed by atoms with Gasteiger partial charge in [-0.05, 0) is 48.5 Å². The maximum Gasteiger partial charge on any atom is 0.248 e. The predicted molar refractivity (Wildman–Crippen MR) is 121 cm³/mol. The Kier molecular flexibility index (Phi) is 7.47. The molecule has 0 bridgehead atoms. The first-order valence-corrected chi connectivity index (χ1v) is 12.2. The summed E-state index contributed by atoms with van der Waals surface area (Å²) in [5.74, 6) is 0.637. The number of anilines is 1. The first-order chi connectivity index (χ1) is 14.7. The van der Waals surface area contributed by atoms with Crippen LogP contribution in [0.25, 0.3) is 0 Å². The van der Waals surface area contributed by atoms with E-state index in [0.717, 1.165) is 4.31 Å². The third kappa shape index (κ3) is 5.51. The van der Waals surface area contributed by atoms with E-state index in [4.69, 9.17) is 16.3 Å². The second kappa shape index (κ2) is 9.90. The Bertz CT molecular complexity index is 1050. The minimum atomic E-state index is -3.87. The van der Waals surface area contributed by atoms with E-state index in [9.17, 15) is 18.0 Å². The van der Waals surface area contributed by atoms with Crippen molar-refractivity contribution < 1.29 is 22.7 Å². The summed E-state index contributed by atoms with van der Waals surface area (Å²) < 4.78 is 31.5. The fraction of sp³-hybridized carbons (Fsp3) is 0.300. The minimum Gasteiger partial charge on any atom is -0.497 e. The van der Waals surface area contributed by atoms with Gasteiger partial charge in [0.25, 0.3) is 0 Å². The first-order valence-electron chi connectivity index (χ1n) is 9.26. The molecule has 1 fully saturated rings. The molecule has 1 saturated heterocycles. The van der Waals surface area contributed by atoms with Gasteiger partial charge in [-0.15, -0.1) is 11.8 Å². The van der Waals surface area contributed by atoms with Gasteiger partial charge in [-0.25, -0.2) is 8.42 Å². The number of likely N-dealkylation sites (N-methyl/N-ethyl adjacent to an activating group) is 1. The van der Waals surface area contributed by atoms with Gasteiger partial charge in [-0.2, -0.15) is 4.31 Å². The fourth-order valence-electron chi connectivity index (χ4n) is 2.96. The molecule has 11 heteroatoms. The molecule has 1 unspecified atom stereocenters. The highest BCUT2D eigenvalue weighted by Crippen LogP contribution is 2.24. The molecule has 3 rings (SSSR count). The number of carbonyl (C=O) groups is 2. The van der Waals surface area contributed by atoms with Crippen LogP contribution in [0.2, 0.25) is 5.02 Å². The van der Waals surface area contributed by atoms with Gasteiger partial charge in [0, 0.05) is 23.5 Å². The number of hydrogen-bond donors (Lipinski definition) is 1. The molecule has 2 aromatic rings. The average molecular weight is 484 g/mol. The topological polar surface area (TPSA) is 96.0 Å². The van der Waals surface area contributed by atoms with Crippen LogP contribution in [0.5, 0.6) is 5.75 Å². The summed E-state index contributed by atoms with van der Waals surface area (Å²) in [7, 11) is -0.982. The second-order valence-electron chi connectivity index (χ2n) is 6.81. The van der Waals surface area contributed by atoms with Crippen molar-refractivity contribution in [2.24, 2.45) is 0 Å². The molecule has 0 radical (unpaired) electrons. The number of methoxy groups -OCH3 is 1. The van der Waals surface area contributed by atoms with E-state index in [2.05, 4.69) is 5.32 Å². The van der Waals surface area contributed by atoms with Crippen LogP contribution in [0.15, 0.2) is 53.4 Å². The van der Waals surface area contributed by atoms with Crippen molar-refractivity contribution in [2.45, 2.75) is 10.9 Å². The zero-order chi connectivity index (χ0) is 22.6. The Balaban J connectivity index is 1.65. The van der Waals surface area contributed by atoms with Crippen molar-refractivity contribution >= 4 is 50.9 Å². The number of amides is 2. The van der Waals surface area contributed by atoms with Crippen molar-refractivity contribution in [1.82, 2.24) is 9.21 Å². The summed E-state index contributed by atoms with van der Waals surface area (Å²) in [4.78, 5) is 27.0. The average Bonchev–Trinajstić information content (AvgIpc) is 3.25. The lowest BCUT2D eigenvalue weighted by Crippen LogP contribution is -2.48. The highest BCUT2D eigenvalue weighted by Gasteiger charge is 2.36. The van der Waals surface area contributed by atoms with E-state index in [1.807, 2.05) is 0 Å². The van der Waals surface area contributed by atoms with Gasteiger partial charge in [0.15, 0.2) is 0 Å². The molecular formula is C20H22ClN3O5S2. The molecular weight excluding hydrogens is 462 g/mol. The maximum atomic E-state index is 12.8. The molecule has 0 aliphatic carbocycles. The number of rotatable bonds is 7. The third-order valence-corrected chi connectivity index (χ3v) is 7.82. The number of thioether (sulfide) groups is 1. The van der Waals surface area contributed by atoms with E-state index < -0.39 is 22.0 Å². The lowest BCUT2D eigenvalue weighted by atomic mass is 10.2. The SMILES string of the molecule is COc1ccc(NC(=O)C2CSCN2C(=O)CN(C)S(=O)(=O)c2ccc(Cl)cc2)cc1. The number of nitrogens with one attached hydrogen (secondary N) is 1. The van der Waals surface area contributed by atoms with E-state index in [0.29, 0.717) is 28.1 Å². The monoisotopic (exact) mass is 483 g/mol. The molecule has 0 saturated carbocycles. The maximum absolute atomic E-state index is 12.8. The lowest BCUT2D eigenvalue weighted by Gasteiger charge is -2.25. The number of sulfonamides is 1. The van der Waals surface area contributed by atoms with Gasteiger partial charge < -0.3 is 15.0 Å². The lowest BCUT2D eigenvalue weighted by molar-refractivity contribution is -0.136. The predicted octanol–water partition coefficient (Wildman–Crippen LogP) is 2.51. The summed E-state index contributed by atoms with van der Waals surface area (Å²) in [6.07, 6.45) is 0. The number of halogens is 1. The largest absolute Gasteiger partial charge is 0.497 e. The van der Waals surface area contributed by atoms with Crippen molar-refractivity contribution in [3.8, 4) is 5.75 Å². The van der Waals surface area contributed by atoms with Crippen molar-refractivity contribution in [3.05, 3.63) is 53.6 Å². The van der Waals surface area contributed by atoms with E-state index in [-0.39, 0.29) is 17.3 Å². The summed E-state index contributed by atoms with van der Waals surface area (Å²) in [5, 5.41) is 3.20. The van der Waals surface area contributed by atoms with Gasteiger partial charge in [0.2, 0.25) is 21.8 Å². The second-order valence-corrected chi connectivity index (χ2v) is 10.3. The number of hydrogen-bond acceptors (Lipinski definition) is 6. The normalized spacial score (nSPS) is 16.4. The van der Waals surface area contributed by atoms with Crippen LogP contribution >= 0.6 is 23.4 Å². The quantitative estimate of drug-likeness (QED) is 0.650. The number of carbonyl (C=O) groups excluding carboxylic acids is 2. The van der Waals surface area contributed by atoms with Crippen LogP contribution in [0.4, 0.5) is 5.69 Å². The van der Waals surface area contributed by atoms with Gasteiger partial charge >= 0.3 is 0 Å². The van der Waals surface area contributed by atoms with Crippen LogP contribution in [0, 0.1) is 0 Å². The molecule has 1 N–H and O–H groups in total. The molecule has 1 atom stereocenters. The molecule has 1 aliphatic rings. The highest BCUT2D eigenvalue weighted by molar-refractivity contribution is 7.99. The highest BCUT2D eigenvalue weighted by atomic mass is 35.5. The Morgan fingerprint density at radius 2 is 1.84 bits per heavy atom. The smallest absolute Gasteiger partial charge is 0.248 e. The fourth-order valence-corrected chi connectivity index (χ4v) is 5.39. The van der Waals surface area contributed by atoms with Gasteiger partial charge in [-0.1, -0.05) is 11.6 Å². The summed E-state index contributed by atoms with van der Waals surface area (Å²) in [6, 6.07) is 11.9. The zero-order valence-corrected chi connectivity index (χ0v) is 19.3. The van der Waals surface area contributed by atoms with Crippen LogP contribution in [-0.2, 0) is 19.6 Å². The van der Waals surface area contributed by atoms with Crippen LogP contribution in [-0.4, -0.2) is 67.8 Å². The van der Waals surface area contributed by atoms with Crippen LogP contribution in [0.1, 0.15) is 0 Å². The molecule has 8 nitrogen and oxygen atoms in total. The molecule has 0 aromatic heterocycles. The number of ether oxygens (including phenoxy) is 1. The molecule has 1 aliphatic heterocycles. The van der Waals surface area contributed by atoms with Gasteiger partial charge in [-0.3, -0.25) is 9.59 Å². The third-order valence-electron chi connectivity index (χ3n) is 4.74. The Morgan fingerprint density at radius 1 is 1.19 bits per heavy atom. The molecule has 31 heavy (non-hydrogen) atoms. The Labute approximate surface area is 190 Å². The zero-order valence-electron chi connectivity index (χ0n) is 16.9. The van der Waals surface area contributed by atoms with Crippen LogP contribution in [0.3, 0.4) is 0 Å². The molecule has 1 heterocycles. The Morgan fingerprint density at radius 3 is 2.45 bits per heavy atom. The summed E-state index contributed by atoms with van der Waals surface area (Å²) in [6.45, 7) is -0.377. The standard InChI is InChI=1S/C20H22ClN3O5S2/c1-23(31(27,28)17-9-3-14(21)4-10-17)11-19(25)24-13-30-12-18(24)20(26)22-15-5-7-16(29-2)8-6-15/h3-10,18H,11-13H2,1-2H3,(H,22,26). The minimum absolute atomic E-state index is 0.0387. The van der Waals surface area contributed by atoms with Crippen molar-refractivity contribution in [3.63, 3.8) is 0 Å². The van der Waals surface area contributed by atoms with E-state index in [1.54, 1.807) is 31.4 Å². The van der Waals surface area contributed by atoms with Gasteiger partial charge in [0.05, 0.1) is 24.4 Å². The Hall–Kier alpha value is -2.27. The number of nitrogens with zero attached hydrogens (tertiary/aromatic N) is 2. The van der Waals surface area contributed by atoms with E-state index in [1.165, 1.54) is 48.0 Å². The molecule has 2 amide bonds. The summed E-state index contributed by atoms with van der Waals surface area (Å²) >= 11 is 7.25. The molecule has 0 spiro atoms. The molecule has 2 aromatic carbocycles. The van der Waals surface area contributed by atoms with Crippen LogP contribution < -0.4 is 10.1 Å².